The first-order valence-corrected chi connectivity index (χ1v) is 9.54. The number of nitrogens with one attached hydrogen (secondary N) is 1. The van der Waals surface area contributed by atoms with Gasteiger partial charge in [-0.15, -0.1) is 0 Å². The van der Waals surface area contributed by atoms with Crippen LogP contribution >= 0.6 is 0 Å². The fraction of sp³-hybridized carbons (Fsp3) is 0.737. The number of aromatic nitrogens is 2. The third-order valence-electron chi connectivity index (χ3n) is 3.99. The lowest BCUT2D eigenvalue weighted by Gasteiger charge is -2.20. The largest absolute Gasteiger partial charge is 0.465 e. The highest BCUT2D eigenvalue weighted by atomic mass is 16.6. The lowest BCUT2D eigenvalue weighted by Crippen LogP contribution is -2.30. The molecule has 0 saturated carbocycles. The minimum absolute atomic E-state index is 0.0659. The summed E-state index contributed by atoms with van der Waals surface area (Å²) in [4.78, 5) is 24.1. The highest BCUT2D eigenvalue weighted by Crippen LogP contribution is 2.18. The number of aliphatic hydroxyl groups is 1. The van der Waals surface area contributed by atoms with Gasteiger partial charge in [0.15, 0.2) is 5.92 Å². The van der Waals surface area contributed by atoms with Gasteiger partial charge < -0.3 is 19.9 Å². The number of esters is 2. The van der Waals surface area contributed by atoms with E-state index in [1.165, 1.54) is 0 Å². The molecule has 0 aliphatic rings. The Bertz CT molecular complexity index is 576. The third-order valence-corrected chi connectivity index (χ3v) is 3.99. The minimum Gasteiger partial charge on any atom is -0.465 e. The molecular weight excluding hydrogens is 350 g/mol. The number of hydrogen-bond donors (Lipinski definition) is 2. The van der Waals surface area contributed by atoms with Crippen molar-refractivity contribution >= 4 is 17.6 Å². The van der Waals surface area contributed by atoms with Crippen LogP contribution in [-0.2, 0) is 25.6 Å². The number of carbonyl (C=O) groups is 2. The lowest BCUT2D eigenvalue weighted by molar-refractivity contribution is -0.162. The first-order valence-electron chi connectivity index (χ1n) is 9.54. The Balaban J connectivity index is 2.67. The predicted octanol–water partition coefficient (Wildman–Crippen LogP) is 2.37. The second-order valence-corrected chi connectivity index (χ2v) is 7.12. The van der Waals surface area contributed by atoms with Gasteiger partial charge in [-0.05, 0) is 47.0 Å². The topological polar surface area (TPSA) is 103 Å². The Kier molecular flexibility index (Phi) is 9.28. The second-order valence-electron chi connectivity index (χ2n) is 7.12. The van der Waals surface area contributed by atoms with Gasteiger partial charge in [0.05, 0.1) is 37.2 Å². The van der Waals surface area contributed by atoms with Crippen molar-refractivity contribution in [2.24, 2.45) is 5.92 Å². The summed E-state index contributed by atoms with van der Waals surface area (Å²) in [6.45, 7) is 9.74. The molecular formula is C19H33N3O5. The second kappa shape index (κ2) is 10.9. The van der Waals surface area contributed by atoms with Crippen molar-refractivity contribution in [3.63, 3.8) is 0 Å². The van der Waals surface area contributed by atoms with Crippen LogP contribution in [0.25, 0.3) is 0 Å². The Morgan fingerprint density at radius 1 is 1.19 bits per heavy atom. The fourth-order valence-corrected chi connectivity index (χ4v) is 2.72. The van der Waals surface area contributed by atoms with Gasteiger partial charge in [-0.3, -0.25) is 14.3 Å². The normalized spacial score (nSPS) is 12.7. The van der Waals surface area contributed by atoms with Gasteiger partial charge in [0.1, 0.15) is 0 Å². The number of rotatable bonds is 12. The summed E-state index contributed by atoms with van der Waals surface area (Å²) in [6, 6.07) is 0.0659. The minimum atomic E-state index is -0.904. The van der Waals surface area contributed by atoms with Crippen molar-refractivity contribution in [3.8, 4) is 0 Å². The van der Waals surface area contributed by atoms with Crippen LogP contribution in [-0.4, -0.2) is 51.7 Å². The predicted molar refractivity (Wildman–Crippen MR) is 102 cm³/mol. The molecule has 1 aromatic heterocycles. The zero-order valence-corrected chi connectivity index (χ0v) is 17.0. The number of hydrogen-bond acceptors (Lipinski definition) is 7. The SMILES string of the molecule is CCOC(=O)C(CCC(CC)Nc1cnn(CC(C)(C)O)c1)C(=O)OCC. The molecule has 1 unspecified atom stereocenters. The van der Waals surface area contributed by atoms with Gasteiger partial charge in [-0.25, -0.2) is 0 Å². The van der Waals surface area contributed by atoms with Gasteiger partial charge in [0.2, 0.25) is 0 Å². The summed E-state index contributed by atoms with van der Waals surface area (Å²) in [7, 11) is 0. The summed E-state index contributed by atoms with van der Waals surface area (Å²) < 4.78 is 11.7. The molecule has 1 aromatic rings. The molecule has 0 fully saturated rings. The molecule has 1 rings (SSSR count). The van der Waals surface area contributed by atoms with Gasteiger partial charge >= 0.3 is 11.9 Å². The molecule has 8 nitrogen and oxygen atoms in total. The molecule has 0 aliphatic heterocycles. The molecule has 8 heteroatoms. The molecule has 0 aliphatic carbocycles. The van der Waals surface area contributed by atoms with E-state index in [1.807, 2.05) is 13.1 Å². The van der Waals surface area contributed by atoms with Crippen molar-refractivity contribution < 1.29 is 24.2 Å². The molecule has 2 N–H and O–H groups in total. The first kappa shape index (κ1) is 23.0. The lowest BCUT2D eigenvalue weighted by atomic mass is 9.98. The molecule has 1 atom stereocenters. The maximum Gasteiger partial charge on any atom is 0.320 e. The first-order chi connectivity index (χ1) is 12.7. The van der Waals surface area contributed by atoms with E-state index in [9.17, 15) is 14.7 Å². The van der Waals surface area contributed by atoms with Crippen LogP contribution in [0.2, 0.25) is 0 Å². The van der Waals surface area contributed by atoms with E-state index < -0.39 is 23.5 Å². The molecule has 0 saturated heterocycles. The van der Waals surface area contributed by atoms with E-state index in [1.54, 1.807) is 38.6 Å². The van der Waals surface area contributed by atoms with E-state index in [2.05, 4.69) is 10.4 Å². The van der Waals surface area contributed by atoms with Gasteiger partial charge in [-0.1, -0.05) is 6.92 Å². The van der Waals surface area contributed by atoms with E-state index in [0.717, 1.165) is 12.1 Å². The molecule has 0 aromatic carbocycles. The fourth-order valence-electron chi connectivity index (χ4n) is 2.72. The van der Waals surface area contributed by atoms with Crippen LogP contribution in [0.4, 0.5) is 5.69 Å². The van der Waals surface area contributed by atoms with E-state index in [0.29, 0.717) is 19.4 Å². The van der Waals surface area contributed by atoms with Crippen molar-refractivity contribution in [1.29, 1.82) is 0 Å². The summed E-state index contributed by atoms with van der Waals surface area (Å²) >= 11 is 0. The van der Waals surface area contributed by atoms with Crippen LogP contribution in [0.1, 0.15) is 53.9 Å². The van der Waals surface area contributed by atoms with E-state index in [4.69, 9.17) is 9.47 Å². The Hall–Kier alpha value is -2.09. The van der Waals surface area contributed by atoms with Gasteiger partial charge in [0, 0.05) is 12.2 Å². The van der Waals surface area contributed by atoms with Crippen LogP contribution in [0.5, 0.6) is 0 Å². The number of carbonyl (C=O) groups excluding carboxylic acids is 2. The molecule has 154 valence electrons. The smallest absolute Gasteiger partial charge is 0.320 e. The van der Waals surface area contributed by atoms with Gasteiger partial charge in [-0.2, -0.15) is 5.10 Å². The summed E-state index contributed by atoms with van der Waals surface area (Å²) in [5.74, 6) is -1.98. The maximum absolute atomic E-state index is 12.1. The standard InChI is InChI=1S/C19H33N3O5/c1-6-14(21-15-11-20-22(12-15)13-19(4,5)25)9-10-16(17(23)26-7-2)18(24)27-8-3/h11-12,14,16,21,25H,6-10,13H2,1-5H3. The monoisotopic (exact) mass is 383 g/mol. The third kappa shape index (κ3) is 8.43. The number of ether oxygens (including phenoxy) is 2. The molecule has 0 radical (unpaired) electrons. The van der Waals surface area contributed by atoms with Crippen molar-refractivity contribution in [1.82, 2.24) is 9.78 Å². The zero-order valence-electron chi connectivity index (χ0n) is 17.0. The molecule has 0 bridgehead atoms. The summed E-state index contributed by atoms with van der Waals surface area (Å²) in [5.41, 5.74) is -0.0186. The highest BCUT2D eigenvalue weighted by Gasteiger charge is 2.30. The average molecular weight is 383 g/mol. The summed E-state index contributed by atoms with van der Waals surface area (Å²) in [5, 5.41) is 17.5. The van der Waals surface area contributed by atoms with E-state index in [-0.39, 0.29) is 19.3 Å². The molecule has 0 amide bonds. The molecule has 0 spiro atoms. The Morgan fingerprint density at radius 2 is 1.78 bits per heavy atom. The van der Waals surface area contributed by atoms with Crippen molar-refractivity contribution in [2.75, 3.05) is 18.5 Å². The number of nitrogens with zero attached hydrogens (tertiary/aromatic N) is 2. The summed E-state index contributed by atoms with van der Waals surface area (Å²) in [6.07, 6.45) is 5.29. The molecule has 1 heterocycles. The average Bonchev–Trinajstić information content (AvgIpc) is 2.99. The quantitative estimate of drug-likeness (QED) is 0.422. The molecule has 27 heavy (non-hydrogen) atoms. The Labute approximate surface area is 161 Å². The Morgan fingerprint density at radius 3 is 2.26 bits per heavy atom. The zero-order chi connectivity index (χ0) is 20.4. The van der Waals surface area contributed by atoms with Crippen LogP contribution in [0, 0.1) is 5.92 Å². The van der Waals surface area contributed by atoms with Crippen LogP contribution in [0.3, 0.4) is 0 Å². The maximum atomic E-state index is 12.1. The van der Waals surface area contributed by atoms with Crippen molar-refractivity contribution in [3.05, 3.63) is 12.4 Å². The highest BCUT2D eigenvalue weighted by molar-refractivity contribution is 5.94. The van der Waals surface area contributed by atoms with Crippen LogP contribution in [0.15, 0.2) is 12.4 Å². The van der Waals surface area contributed by atoms with E-state index >= 15 is 0 Å². The van der Waals surface area contributed by atoms with Crippen LogP contribution < -0.4 is 5.32 Å². The van der Waals surface area contributed by atoms with Gasteiger partial charge in [0.25, 0.3) is 0 Å². The van der Waals surface area contributed by atoms with Crippen molar-refractivity contribution in [2.45, 2.75) is 72.1 Å². The number of anilines is 1.